The Labute approximate surface area is 46.3 Å². The number of halogens is 1. The molecule has 4 nitrogen and oxygen atoms in total. The molecular weight excluding hydrogens is 117 g/mol. The van der Waals surface area contributed by atoms with E-state index in [0.29, 0.717) is 0 Å². The zero-order valence-electron chi connectivity index (χ0n) is 3.34. The highest BCUT2D eigenvalue weighted by Crippen LogP contribution is 1.50. The number of isocyanates is 1. The Morgan fingerprint density at radius 2 is 2.29 bits per heavy atom. The second-order valence-electron chi connectivity index (χ2n) is 0.588. The first-order valence-corrected chi connectivity index (χ1v) is 1.19. The lowest BCUT2D eigenvalue weighted by Crippen LogP contribution is -2.03. The van der Waals surface area contributed by atoms with E-state index >= 15 is 0 Å². The molecule has 0 saturated carbocycles. The zero-order chi connectivity index (χ0) is 4.99. The van der Waals surface area contributed by atoms with Gasteiger partial charge in [0.25, 0.3) is 0 Å². The molecule has 3 N–H and O–H groups in total. The van der Waals surface area contributed by atoms with Crippen LogP contribution in [0.2, 0.25) is 0 Å². The first-order chi connectivity index (χ1) is 2.77. The van der Waals surface area contributed by atoms with Gasteiger partial charge in [0.15, 0.2) is 0 Å². The van der Waals surface area contributed by atoms with Gasteiger partial charge in [-0.15, -0.1) is 17.4 Å². The number of carbonyl (C=O) groups excluding carboxylic acids is 1. The van der Waals surface area contributed by atoms with Gasteiger partial charge in [0.1, 0.15) is 0 Å². The van der Waals surface area contributed by atoms with Crippen LogP contribution in [-0.2, 0) is 4.79 Å². The van der Waals surface area contributed by atoms with Gasteiger partial charge in [-0.3, -0.25) is 5.41 Å². The highest BCUT2D eigenvalue weighted by molar-refractivity contribution is 5.85. The molecular formula is C2H4ClN3O. The topological polar surface area (TPSA) is 79.3 Å². The van der Waals surface area contributed by atoms with Gasteiger partial charge < -0.3 is 5.73 Å². The van der Waals surface area contributed by atoms with Crippen molar-refractivity contribution >= 4 is 24.4 Å². The number of hydrogen-bond acceptors (Lipinski definition) is 2. The molecule has 0 aromatic carbocycles. The minimum atomic E-state index is -0.509. The molecule has 0 fully saturated rings. The largest absolute Gasteiger partial charge is 0.368 e. The molecule has 5 heteroatoms. The Hall–Kier alpha value is -0.860. The van der Waals surface area contributed by atoms with Crippen molar-refractivity contribution < 1.29 is 4.79 Å². The summed E-state index contributed by atoms with van der Waals surface area (Å²) in [5.74, 6) is -0.509. The van der Waals surface area contributed by atoms with Gasteiger partial charge in [-0.05, 0) is 0 Å². The first kappa shape index (κ1) is 9.46. The second-order valence-corrected chi connectivity index (χ2v) is 0.588. The minimum Gasteiger partial charge on any atom is -0.368 e. The zero-order valence-corrected chi connectivity index (χ0v) is 4.16. The summed E-state index contributed by atoms with van der Waals surface area (Å²) in [4.78, 5) is 11.8. The minimum absolute atomic E-state index is 0. The molecule has 0 bridgehead atoms. The monoisotopic (exact) mass is 121 g/mol. The third-order valence-electron chi connectivity index (χ3n) is 0.166. The summed E-state index contributed by atoms with van der Waals surface area (Å²) in [5.41, 5.74) is 4.56. The lowest BCUT2D eigenvalue weighted by Gasteiger charge is -1.69. The van der Waals surface area contributed by atoms with Crippen LogP contribution in [0.4, 0.5) is 0 Å². The maximum atomic E-state index is 9.10. The van der Waals surface area contributed by atoms with E-state index in [9.17, 15) is 0 Å². The van der Waals surface area contributed by atoms with Crippen molar-refractivity contribution in [1.29, 1.82) is 5.41 Å². The third kappa shape index (κ3) is 11.1. The number of nitrogens with one attached hydrogen (secondary N) is 1. The van der Waals surface area contributed by atoms with E-state index < -0.39 is 5.96 Å². The SMILES string of the molecule is Cl.N=C(N)N=C=O. The molecule has 0 spiro atoms. The highest BCUT2D eigenvalue weighted by Gasteiger charge is 1.69. The first-order valence-electron chi connectivity index (χ1n) is 1.19. The smallest absolute Gasteiger partial charge is 0.243 e. The summed E-state index contributed by atoms with van der Waals surface area (Å²) in [7, 11) is 0. The quantitative estimate of drug-likeness (QED) is 0.261. The van der Waals surface area contributed by atoms with Gasteiger partial charge in [0.2, 0.25) is 12.0 Å². The number of rotatable bonds is 0. The van der Waals surface area contributed by atoms with Crippen LogP contribution in [0, 0.1) is 5.41 Å². The summed E-state index contributed by atoms with van der Waals surface area (Å²) in [6.45, 7) is 0. The van der Waals surface area contributed by atoms with Crippen LogP contribution >= 0.6 is 12.4 Å². The average Bonchev–Trinajstić information content (AvgIpc) is 1.35. The summed E-state index contributed by atoms with van der Waals surface area (Å²) in [6.07, 6.45) is 1.09. The molecule has 0 aliphatic heterocycles. The maximum Gasteiger partial charge on any atom is 0.243 e. The van der Waals surface area contributed by atoms with Crippen LogP contribution in [0.1, 0.15) is 0 Å². The van der Waals surface area contributed by atoms with Crippen molar-refractivity contribution in [1.82, 2.24) is 0 Å². The molecule has 7 heavy (non-hydrogen) atoms. The van der Waals surface area contributed by atoms with Gasteiger partial charge in [0.05, 0.1) is 0 Å². The van der Waals surface area contributed by atoms with Crippen molar-refractivity contribution in [2.75, 3.05) is 0 Å². The van der Waals surface area contributed by atoms with Gasteiger partial charge in [-0.2, -0.15) is 0 Å². The summed E-state index contributed by atoms with van der Waals surface area (Å²) >= 11 is 0. The number of hydrogen-bond donors (Lipinski definition) is 2. The fourth-order valence-corrected chi connectivity index (χ4v) is 0.0492. The van der Waals surface area contributed by atoms with Gasteiger partial charge in [-0.1, -0.05) is 0 Å². The van der Waals surface area contributed by atoms with Gasteiger partial charge in [-0.25, -0.2) is 4.79 Å². The van der Waals surface area contributed by atoms with Crippen LogP contribution in [0.5, 0.6) is 0 Å². The highest BCUT2D eigenvalue weighted by atomic mass is 35.5. The van der Waals surface area contributed by atoms with Crippen molar-refractivity contribution in [3.05, 3.63) is 0 Å². The molecule has 0 aliphatic carbocycles. The van der Waals surface area contributed by atoms with Crippen molar-refractivity contribution in [2.24, 2.45) is 10.7 Å². The molecule has 40 valence electrons. The molecule has 0 saturated heterocycles. The van der Waals surface area contributed by atoms with Crippen molar-refractivity contribution in [2.45, 2.75) is 0 Å². The number of guanidine groups is 1. The molecule has 0 radical (unpaired) electrons. The second kappa shape index (κ2) is 5.14. The van der Waals surface area contributed by atoms with E-state index in [1.807, 2.05) is 0 Å². The normalized spacial score (nSPS) is 5.14. The van der Waals surface area contributed by atoms with Crippen LogP contribution in [0.15, 0.2) is 4.99 Å². The molecule has 0 aromatic rings. The van der Waals surface area contributed by atoms with Crippen LogP contribution in [-0.4, -0.2) is 12.0 Å². The average molecular weight is 122 g/mol. The fourth-order valence-electron chi connectivity index (χ4n) is 0.0492. The Bertz CT molecular complexity index is 106. The van der Waals surface area contributed by atoms with Crippen LogP contribution in [0.25, 0.3) is 0 Å². The molecule has 0 unspecified atom stereocenters. The Morgan fingerprint density at radius 3 is 2.29 bits per heavy atom. The molecule has 0 heterocycles. The summed E-state index contributed by atoms with van der Waals surface area (Å²) in [6, 6.07) is 0. The molecule has 0 amide bonds. The Kier molecular flexibility index (Phi) is 6.95. The lowest BCUT2D eigenvalue weighted by molar-refractivity contribution is 0.565. The number of nitrogens with two attached hydrogens (primary N) is 1. The predicted octanol–water partition coefficient (Wildman–Crippen LogP) is -0.363. The number of nitrogens with zero attached hydrogens (tertiary/aromatic N) is 1. The van der Waals surface area contributed by atoms with E-state index in [2.05, 4.69) is 10.7 Å². The molecule has 0 aromatic heterocycles. The van der Waals surface area contributed by atoms with E-state index in [0.717, 1.165) is 6.08 Å². The summed E-state index contributed by atoms with van der Waals surface area (Å²) in [5, 5.41) is 6.24. The molecule has 0 aliphatic rings. The van der Waals surface area contributed by atoms with Gasteiger partial charge >= 0.3 is 0 Å². The van der Waals surface area contributed by atoms with Crippen molar-refractivity contribution in [3.8, 4) is 0 Å². The number of aliphatic imine (C=N–C) groups is 1. The Balaban J connectivity index is 0. The molecule has 0 rings (SSSR count). The summed E-state index contributed by atoms with van der Waals surface area (Å²) < 4.78 is 0. The standard InChI is InChI=1S/C2H3N3O.ClH/c3-2(4)5-1-6;/h(H3,3,4);1H. The Morgan fingerprint density at radius 1 is 1.86 bits per heavy atom. The van der Waals surface area contributed by atoms with E-state index in [1.165, 1.54) is 0 Å². The van der Waals surface area contributed by atoms with Crippen molar-refractivity contribution in [3.63, 3.8) is 0 Å². The maximum absolute atomic E-state index is 9.10. The van der Waals surface area contributed by atoms with Crippen LogP contribution in [0.3, 0.4) is 0 Å². The van der Waals surface area contributed by atoms with E-state index in [4.69, 9.17) is 10.2 Å². The third-order valence-corrected chi connectivity index (χ3v) is 0.166. The fraction of sp³-hybridized carbons (Fsp3) is 0. The van der Waals surface area contributed by atoms with E-state index in [1.54, 1.807) is 0 Å². The van der Waals surface area contributed by atoms with Gasteiger partial charge in [0, 0.05) is 0 Å². The molecule has 0 atom stereocenters. The predicted molar refractivity (Wildman–Crippen MR) is 27.3 cm³/mol. The van der Waals surface area contributed by atoms with E-state index in [-0.39, 0.29) is 12.4 Å². The van der Waals surface area contributed by atoms with Crippen LogP contribution < -0.4 is 5.73 Å². The lowest BCUT2D eigenvalue weighted by atomic mass is 11.1.